The molecular formula is C79H83N31O5. The van der Waals surface area contributed by atoms with Crippen LogP contribution in [0.3, 0.4) is 0 Å². The summed E-state index contributed by atoms with van der Waals surface area (Å²) >= 11 is 0. The molecule has 1 aliphatic heterocycles. The molecule has 1 aliphatic rings. The average Bonchev–Trinajstić information content (AvgIpc) is 1.67. The van der Waals surface area contributed by atoms with Crippen molar-refractivity contribution in [2.75, 3.05) is 72.9 Å². The van der Waals surface area contributed by atoms with E-state index in [4.69, 9.17) is 15.5 Å². The highest BCUT2D eigenvalue weighted by molar-refractivity contribution is 5.98. The Balaban J connectivity index is 0.000000127. The molecule has 0 unspecified atom stereocenters. The summed E-state index contributed by atoms with van der Waals surface area (Å²) in [7, 11) is 0. The van der Waals surface area contributed by atoms with Gasteiger partial charge in [0.05, 0.1) is 57.1 Å². The Kier molecular flexibility index (Phi) is 24.0. The van der Waals surface area contributed by atoms with Crippen LogP contribution in [0.4, 0.5) is 48.9 Å². The van der Waals surface area contributed by atoms with E-state index in [0.29, 0.717) is 79.0 Å². The predicted octanol–water partition coefficient (Wildman–Crippen LogP) is 12.2. The second kappa shape index (κ2) is 36.1. The molecular weight excluding hydrogens is 1460 g/mol. The fourth-order valence-electron chi connectivity index (χ4n) is 12.7. The van der Waals surface area contributed by atoms with E-state index in [9.17, 15) is 19.2 Å². The number of hydrogen-bond acceptors (Lipinski definition) is 20. The first-order chi connectivity index (χ1) is 56.2. The van der Waals surface area contributed by atoms with Gasteiger partial charge in [-0.25, -0.2) is 72.8 Å². The number of likely N-dealkylation sites (tertiary alicyclic amines) is 1. The fraction of sp³-hybridized carbons (Fsp3) is 0.203. The lowest BCUT2D eigenvalue weighted by molar-refractivity contribution is 0.218. The van der Waals surface area contributed by atoms with Crippen LogP contribution >= 0.6 is 0 Å². The van der Waals surface area contributed by atoms with Gasteiger partial charge in [0.1, 0.15) is 22.1 Å². The highest BCUT2D eigenvalue weighted by atomic mass is 16.5. The number of imidazole rings is 4. The van der Waals surface area contributed by atoms with E-state index in [-0.39, 0.29) is 30.1 Å². The number of ether oxygens (including phenoxy) is 1. The summed E-state index contributed by atoms with van der Waals surface area (Å²) in [6, 6.07) is 33.9. The molecule has 0 aliphatic carbocycles. The Morgan fingerprint density at radius 2 is 0.765 bits per heavy atom. The molecule has 0 radical (unpaired) electrons. The van der Waals surface area contributed by atoms with Crippen molar-refractivity contribution in [2.24, 2.45) is 0 Å². The maximum Gasteiger partial charge on any atom is 0.321 e. The van der Waals surface area contributed by atoms with Crippen molar-refractivity contribution in [1.29, 1.82) is 0 Å². The zero-order valence-corrected chi connectivity index (χ0v) is 63.4. The molecule has 8 amide bonds. The molecule has 17 rings (SSSR count). The highest BCUT2D eigenvalue weighted by Crippen LogP contribution is 2.35. The third-order valence-electron chi connectivity index (χ3n) is 17.9. The number of H-pyrrole nitrogens is 4. The second-order valence-corrected chi connectivity index (χ2v) is 25.9. The van der Waals surface area contributed by atoms with Gasteiger partial charge in [0.15, 0.2) is 0 Å². The van der Waals surface area contributed by atoms with Crippen LogP contribution in [0.15, 0.2) is 196 Å². The van der Waals surface area contributed by atoms with Crippen LogP contribution < -0.4 is 53.0 Å². The third-order valence-corrected chi connectivity index (χ3v) is 17.9. The minimum Gasteiger partial charge on any atom is -0.478 e. The highest BCUT2D eigenvalue weighted by Gasteiger charge is 2.21. The van der Waals surface area contributed by atoms with Crippen molar-refractivity contribution in [1.82, 2.24) is 130 Å². The van der Waals surface area contributed by atoms with E-state index in [2.05, 4.69) is 140 Å². The molecule has 12 aromatic heterocycles. The van der Waals surface area contributed by atoms with Gasteiger partial charge in [0.2, 0.25) is 35.6 Å². The summed E-state index contributed by atoms with van der Waals surface area (Å²) in [5.74, 6) is 2.26. The smallest absolute Gasteiger partial charge is 0.321 e. The van der Waals surface area contributed by atoms with E-state index in [0.717, 1.165) is 120 Å². The topological polar surface area (TPSA) is 453 Å². The number of rotatable bonds is 20. The molecule has 0 saturated carbocycles. The number of amides is 8. The monoisotopic (exact) mass is 1550 g/mol. The van der Waals surface area contributed by atoms with Crippen LogP contribution in [0.25, 0.3) is 111 Å². The normalized spacial score (nSPS) is 11.9. The number of nitrogens with zero attached hydrogens (tertiary/aromatic N) is 18. The summed E-state index contributed by atoms with van der Waals surface area (Å²) in [5.41, 5.74) is 23.3. The Labute approximate surface area is 657 Å². The van der Waals surface area contributed by atoms with E-state index < -0.39 is 0 Å². The summed E-state index contributed by atoms with van der Waals surface area (Å²) < 4.78 is 12.4. The largest absolute Gasteiger partial charge is 0.478 e. The number of benzene rings is 4. The average molecular weight is 1550 g/mol. The Morgan fingerprint density at radius 1 is 0.400 bits per heavy atom. The number of urea groups is 4. The zero-order valence-electron chi connectivity index (χ0n) is 63.4. The van der Waals surface area contributed by atoms with Gasteiger partial charge in [-0.1, -0.05) is 18.6 Å². The van der Waals surface area contributed by atoms with Crippen molar-refractivity contribution in [3.05, 3.63) is 202 Å². The van der Waals surface area contributed by atoms with Crippen LogP contribution in [-0.2, 0) is 6.54 Å². The number of carbonyl (C=O) groups excluding carboxylic acids is 4. The lowest BCUT2D eigenvalue weighted by Gasteiger charge is -2.25. The van der Waals surface area contributed by atoms with Crippen LogP contribution in [0.5, 0.6) is 5.88 Å². The molecule has 4 aromatic carbocycles. The molecule has 14 N–H and O–H groups in total. The van der Waals surface area contributed by atoms with Gasteiger partial charge in [-0.15, -0.1) is 0 Å². The number of aromatic amines is 4. The quantitative estimate of drug-likeness (QED) is 0.0337. The standard InChI is InChI=1S/C24H28N8O.C20H21N7O2.C18H17N7O.C17H17N9O/c1-2-25-24(33)30-23-28-20-13-18(14-21(22(20)29-23)32-12-6-9-27-32)17-7-8-19(26-15-17)16-31-10-4-3-5-11-31;1-3-21-20(28)26-19-24-15-10-14(13-6-7-17(22-12-13)29-4-2)11-16(18(15)25-19)27-9-5-8-23-27;1-2-20-18(26)24-17-22-14-9-13(12-5-3-6-19-11-12)10-15(16(14)23-17)25-8-4-7-21-25;1-2-19-17(27)25-16-23-12-6-10(11-8-20-15(18)21-9-11)7-13(14(12)24-16)26-5-3-4-22-26/h6-9,12-15H,2-5,10-11,16H2,1H3,(H3,25,28,29,30,33);5-12H,3-4H2,1-2H3,(H3,21,24,25,26,28);3-11H,2H2,1H3,(H3,20,22,23,24,26);3-9H,2H2,1H3,(H2,18,20,21)(H3,19,23,24,25,27). The maximum absolute atomic E-state index is 12.0. The van der Waals surface area contributed by atoms with Gasteiger partial charge in [-0.3, -0.25) is 36.1 Å². The zero-order chi connectivity index (χ0) is 79.6. The van der Waals surface area contributed by atoms with Gasteiger partial charge in [0.25, 0.3) is 0 Å². The van der Waals surface area contributed by atoms with E-state index >= 15 is 0 Å². The molecule has 1 saturated heterocycles. The van der Waals surface area contributed by atoms with Gasteiger partial charge < -0.3 is 51.7 Å². The Bertz CT molecular complexity index is 5920. The molecule has 13 heterocycles. The summed E-state index contributed by atoms with van der Waals surface area (Å²) in [6.07, 6.45) is 28.7. The number of pyridine rings is 3. The number of nitrogens with one attached hydrogen (secondary N) is 12. The Hall–Kier alpha value is -15.2. The summed E-state index contributed by atoms with van der Waals surface area (Å²) in [6.45, 7) is 15.2. The molecule has 0 spiro atoms. The molecule has 16 aromatic rings. The van der Waals surface area contributed by atoms with E-state index in [1.54, 1.807) is 74.5 Å². The molecule has 36 nitrogen and oxygen atoms in total. The molecule has 115 heavy (non-hydrogen) atoms. The van der Waals surface area contributed by atoms with Crippen LogP contribution in [0.2, 0.25) is 0 Å². The van der Waals surface area contributed by atoms with Crippen molar-refractivity contribution < 1.29 is 23.9 Å². The number of piperidine rings is 1. The first-order valence-corrected chi connectivity index (χ1v) is 37.3. The summed E-state index contributed by atoms with van der Waals surface area (Å²) in [4.78, 5) is 102. The minimum atomic E-state index is -0.329. The predicted molar refractivity (Wildman–Crippen MR) is 439 cm³/mol. The summed E-state index contributed by atoms with van der Waals surface area (Å²) in [5, 5.41) is 38.9. The van der Waals surface area contributed by atoms with E-state index in [1.165, 1.54) is 19.3 Å². The van der Waals surface area contributed by atoms with Crippen molar-refractivity contribution in [2.45, 2.75) is 60.4 Å². The van der Waals surface area contributed by atoms with Crippen LogP contribution in [0, 0.1) is 0 Å². The molecule has 0 bridgehead atoms. The van der Waals surface area contributed by atoms with Crippen LogP contribution in [-0.4, -0.2) is 179 Å². The minimum absolute atomic E-state index is 0.210. The Morgan fingerprint density at radius 3 is 1.09 bits per heavy atom. The number of aromatic nitrogens is 21. The number of hydrogen-bond donors (Lipinski definition) is 13. The van der Waals surface area contributed by atoms with Gasteiger partial charge in [-0.2, -0.15) is 20.4 Å². The molecule has 584 valence electrons. The number of fused-ring (bicyclic) bond motifs is 4. The number of nitrogen functional groups attached to an aromatic ring is 1. The van der Waals surface area contributed by atoms with E-state index in [1.807, 2.05) is 163 Å². The maximum atomic E-state index is 12.0. The molecule has 0 atom stereocenters. The first-order valence-electron chi connectivity index (χ1n) is 37.3. The first kappa shape index (κ1) is 76.5. The fourth-order valence-corrected chi connectivity index (χ4v) is 12.7. The second-order valence-electron chi connectivity index (χ2n) is 25.9. The van der Waals surface area contributed by atoms with Crippen LogP contribution in [0.1, 0.15) is 59.6 Å². The lowest BCUT2D eigenvalue weighted by atomic mass is 10.1. The van der Waals surface area contributed by atoms with Gasteiger partial charge in [-0.05, 0) is 174 Å². The van der Waals surface area contributed by atoms with Gasteiger partial charge in [0, 0.05) is 148 Å². The number of carbonyl (C=O) groups is 4. The van der Waals surface area contributed by atoms with Crippen molar-refractivity contribution in [3.63, 3.8) is 0 Å². The third kappa shape index (κ3) is 18.8. The SMILES string of the molecule is CCNC(=O)Nc1nc2c(-n3cccn3)cc(-c3ccc(CN4CCCCC4)nc3)cc2[nH]1.CCNC(=O)Nc1nc2c(-n3cccn3)cc(-c3ccc(OCC)nc3)cc2[nH]1.CCNC(=O)Nc1nc2c(-n3cccn3)cc(-c3cccnc3)cc2[nH]1.CCNC(=O)Nc1nc2c(-n3cccn3)cc(-c3cnc(N)nc3)cc2[nH]1. The number of anilines is 5. The van der Waals surface area contributed by atoms with Crippen molar-refractivity contribution >= 4 is 98.0 Å². The molecule has 1 fully saturated rings. The van der Waals surface area contributed by atoms with Crippen molar-refractivity contribution in [3.8, 4) is 73.1 Å². The molecule has 36 heteroatoms. The van der Waals surface area contributed by atoms with Gasteiger partial charge >= 0.3 is 24.1 Å². The number of nitrogens with two attached hydrogens (primary N) is 1. The lowest BCUT2D eigenvalue weighted by Crippen LogP contribution is -2.29.